The lowest BCUT2D eigenvalue weighted by Gasteiger charge is -2.17. The SMILES string of the molecule is COc1ccccc1OCCN(C)C(=O)c1cc(-c2c(C)nn(C)c2C)n[nH]1. The zero-order chi connectivity index (χ0) is 20.3. The highest BCUT2D eigenvalue weighted by atomic mass is 16.5. The second kappa shape index (κ2) is 8.16. The van der Waals surface area contributed by atoms with E-state index in [2.05, 4.69) is 15.3 Å². The number of carbonyl (C=O) groups excluding carboxylic acids is 1. The summed E-state index contributed by atoms with van der Waals surface area (Å²) in [6, 6.07) is 9.18. The maximum atomic E-state index is 12.7. The molecule has 0 spiro atoms. The average molecular weight is 383 g/mol. The molecule has 0 aliphatic heterocycles. The van der Waals surface area contributed by atoms with Gasteiger partial charge in [-0.3, -0.25) is 14.6 Å². The number of rotatable bonds is 7. The van der Waals surface area contributed by atoms with Crippen molar-refractivity contribution < 1.29 is 14.3 Å². The number of methoxy groups -OCH3 is 1. The molecule has 0 bridgehead atoms. The van der Waals surface area contributed by atoms with Crippen LogP contribution in [0.5, 0.6) is 11.5 Å². The van der Waals surface area contributed by atoms with Crippen molar-refractivity contribution in [2.24, 2.45) is 7.05 Å². The van der Waals surface area contributed by atoms with Gasteiger partial charge in [0.15, 0.2) is 11.5 Å². The molecule has 1 N–H and O–H groups in total. The molecule has 0 atom stereocenters. The third kappa shape index (κ3) is 3.85. The Hall–Kier alpha value is -3.29. The number of aromatic amines is 1. The lowest BCUT2D eigenvalue weighted by atomic mass is 10.1. The standard InChI is InChI=1S/C20H25N5O3/c1-13-19(14(2)25(4)23-13)15-12-16(22-21-15)20(26)24(3)10-11-28-18-9-7-6-8-17(18)27-5/h6-9,12H,10-11H2,1-5H3,(H,21,22). The Kier molecular flexibility index (Phi) is 5.67. The summed E-state index contributed by atoms with van der Waals surface area (Å²) in [6.07, 6.45) is 0. The van der Waals surface area contributed by atoms with Crippen molar-refractivity contribution in [2.45, 2.75) is 13.8 Å². The van der Waals surface area contributed by atoms with Crippen molar-refractivity contribution in [3.8, 4) is 22.8 Å². The molecule has 3 aromatic rings. The lowest BCUT2D eigenvalue weighted by molar-refractivity contribution is 0.0767. The second-order valence-electron chi connectivity index (χ2n) is 6.56. The van der Waals surface area contributed by atoms with Crippen LogP contribution in [0, 0.1) is 13.8 Å². The van der Waals surface area contributed by atoms with Crippen LogP contribution in [0.3, 0.4) is 0 Å². The number of nitrogens with one attached hydrogen (secondary N) is 1. The summed E-state index contributed by atoms with van der Waals surface area (Å²) in [7, 11) is 5.22. The minimum absolute atomic E-state index is 0.151. The number of aromatic nitrogens is 4. The molecule has 8 heteroatoms. The van der Waals surface area contributed by atoms with Crippen LogP contribution in [0.4, 0.5) is 0 Å². The van der Waals surface area contributed by atoms with Gasteiger partial charge >= 0.3 is 0 Å². The number of nitrogens with zero attached hydrogens (tertiary/aromatic N) is 4. The van der Waals surface area contributed by atoms with Crippen molar-refractivity contribution in [1.82, 2.24) is 24.9 Å². The monoisotopic (exact) mass is 383 g/mol. The highest BCUT2D eigenvalue weighted by Gasteiger charge is 2.19. The molecule has 8 nitrogen and oxygen atoms in total. The van der Waals surface area contributed by atoms with Crippen LogP contribution in [0.15, 0.2) is 30.3 Å². The molecule has 2 heterocycles. The Morgan fingerprint density at radius 3 is 2.61 bits per heavy atom. The van der Waals surface area contributed by atoms with E-state index in [-0.39, 0.29) is 5.91 Å². The summed E-state index contributed by atoms with van der Waals surface area (Å²) in [5, 5.41) is 11.5. The predicted molar refractivity (Wildman–Crippen MR) is 106 cm³/mol. The van der Waals surface area contributed by atoms with E-state index in [1.54, 1.807) is 25.1 Å². The molecule has 1 aromatic carbocycles. The van der Waals surface area contributed by atoms with E-state index >= 15 is 0 Å². The van der Waals surface area contributed by atoms with Gasteiger partial charge in [0.25, 0.3) is 5.91 Å². The largest absolute Gasteiger partial charge is 0.493 e. The van der Waals surface area contributed by atoms with Gasteiger partial charge in [0.05, 0.1) is 25.0 Å². The van der Waals surface area contributed by atoms with E-state index in [4.69, 9.17) is 9.47 Å². The quantitative estimate of drug-likeness (QED) is 0.678. The summed E-state index contributed by atoms with van der Waals surface area (Å²) in [6.45, 7) is 4.69. The fourth-order valence-corrected chi connectivity index (χ4v) is 3.04. The van der Waals surface area contributed by atoms with E-state index in [0.717, 1.165) is 17.0 Å². The molecular weight excluding hydrogens is 358 g/mol. The maximum Gasteiger partial charge on any atom is 0.271 e. The van der Waals surface area contributed by atoms with Crippen LogP contribution < -0.4 is 9.47 Å². The van der Waals surface area contributed by atoms with Crippen molar-refractivity contribution in [2.75, 3.05) is 27.3 Å². The van der Waals surface area contributed by atoms with Gasteiger partial charge in [0, 0.05) is 25.4 Å². The van der Waals surface area contributed by atoms with Crippen molar-refractivity contribution in [3.05, 3.63) is 47.4 Å². The Morgan fingerprint density at radius 2 is 1.96 bits per heavy atom. The van der Waals surface area contributed by atoms with Gasteiger partial charge < -0.3 is 14.4 Å². The normalized spacial score (nSPS) is 10.8. The predicted octanol–water partition coefficient (Wildman–Crippen LogP) is 2.59. The molecule has 28 heavy (non-hydrogen) atoms. The van der Waals surface area contributed by atoms with Gasteiger partial charge in [-0.2, -0.15) is 10.2 Å². The lowest BCUT2D eigenvalue weighted by Crippen LogP contribution is -2.31. The number of hydrogen-bond donors (Lipinski definition) is 1. The summed E-state index contributed by atoms with van der Waals surface area (Å²) in [5.74, 6) is 1.16. The Morgan fingerprint density at radius 1 is 1.25 bits per heavy atom. The van der Waals surface area contributed by atoms with E-state index in [1.165, 1.54) is 0 Å². The van der Waals surface area contributed by atoms with Gasteiger partial charge in [0.2, 0.25) is 0 Å². The zero-order valence-corrected chi connectivity index (χ0v) is 16.8. The highest BCUT2D eigenvalue weighted by molar-refractivity contribution is 5.93. The summed E-state index contributed by atoms with van der Waals surface area (Å²) in [5.41, 5.74) is 3.97. The van der Waals surface area contributed by atoms with Crippen LogP contribution in [0.2, 0.25) is 0 Å². The van der Waals surface area contributed by atoms with Gasteiger partial charge in [-0.05, 0) is 32.0 Å². The zero-order valence-electron chi connectivity index (χ0n) is 16.8. The Balaban J connectivity index is 1.63. The molecule has 0 radical (unpaired) electrons. The molecule has 0 fully saturated rings. The maximum absolute atomic E-state index is 12.7. The third-order valence-corrected chi connectivity index (χ3v) is 4.67. The van der Waals surface area contributed by atoms with Gasteiger partial charge in [-0.15, -0.1) is 0 Å². The first kappa shape index (κ1) is 19.5. The number of carbonyl (C=O) groups is 1. The molecule has 2 aromatic heterocycles. The molecule has 0 unspecified atom stereocenters. The second-order valence-corrected chi connectivity index (χ2v) is 6.56. The number of likely N-dealkylation sites (N-methyl/N-ethyl adjacent to an activating group) is 1. The van der Waals surface area contributed by atoms with Crippen LogP contribution in [0.25, 0.3) is 11.3 Å². The molecule has 0 aliphatic carbocycles. The topological polar surface area (TPSA) is 85.3 Å². The van der Waals surface area contributed by atoms with Crippen molar-refractivity contribution >= 4 is 5.91 Å². The van der Waals surface area contributed by atoms with Gasteiger partial charge in [-0.1, -0.05) is 12.1 Å². The van der Waals surface area contributed by atoms with Crippen molar-refractivity contribution in [3.63, 3.8) is 0 Å². The first-order valence-corrected chi connectivity index (χ1v) is 8.99. The summed E-state index contributed by atoms with van der Waals surface area (Å²) >= 11 is 0. The molecule has 0 saturated carbocycles. The Labute approximate surface area is 164 Å². The van der Waals surface area contributed by atoms with Crippen molar-refractivity contribution in [1.29, 1.82) is 0 Å². The van der Waals surface area contributed by atoms with E-state index in [0.29, 0.717) is 36.0 Å². The number of amides is 1. The molecule has 3 rings (SSSR count). The first-order valence-electron chi connectivity index (χ1n) is 8.99. The highest BCUT2D eigenvalue weighted by Crippen LogP contribution is 2.26. The summed E-state index contributed by atoms with van der Waals surface area (Å²) in [4.78, 5) is 14.3. The molecule has 148 valence electrons. The number of ether oxygens (including phenoxy) is 2. The van der Waals surface area contributed by atoms with E-state index in [9.17, 15) is 4.79 Å². The van der Waals surface area contributed by atoms with Crippen LogP contribution in [-0.2, 0) is 7.05 Å². The number of para-hydroxylation sites is 2. The number of benzene rings is 1. The van der Waals surface area contributed by atoms with Crippen LogP contribution >= 0.6 is 0 Å². The Bertz CT molecular complexity index is 976. The smallest absolute Gasteiger partial charge is 0.271 e. The van der Waals surface area contributed by atoms with E-state index < -0.39 is 0 Å². The molecule has 1 amide bonds. The molecular formula is C20H25N5O3. The average Bonchev–Trinajstić information content (AvgIpc) is 3.26. The minimum atomic E-state index is -0.151. The molecule has 0 saturated heterocycles. The third-order valence-electron chi connectivity index (χ3n) is 4.67. The summed E-state index contributed by atoms with van der Waals surface area (Å²) < 4.78 is 12.8. The molecule has 0 aliphatic rings. The van der Waals surface area contributed by atoms with Gasteiger partial charge in [0.1, 0.15) is 12.3 Å². The fourth-order valence-electron chi connectivity index (χ4n) is 3.04. The van der Waals surface area contributed by atoms with E-state index in [1.807, 2.05) is 49.8 Å². The van der Waals surface area contributed by atoms with Crippen LogP contribution in [0.1, 0.15) is 21.9 Å². The van der Waals surface area contributed by atoms with Gasteiger partial charge in [-0.25, -0.2) is 0 Å². The number of hydrogen-bond acceptors (Lipinski definition) is 5. The number of aryl methyl sites for hydroxylation is 2. The first-order chi connectivity index (χ1) is 13.4. The minimum Gasteiger partial charge on any atom is -0.493 e. The van der Waals surface area contributed by atoms with Crippen LogP contribution in [-0.4, -0.2) is 58.1 Å². The fraction of sp³-hybridized carbons (Fsp3) is 0.350. The number of H-pyrrole nitrogens is 1.